The molecule has 0 unspecified atom stereocenters. The Bertz CT molecular complexity index is 2940. The molecule has 0 atom stereocenters. The van der Waals surface area contributed by atoms with Crippen molar-refractivity contribution in [2.75, 3.05) is 0 Å². The summed E-state index contributed by atoms with van der Waals surface area (Å²) >= 11 is 0. The highest BCUT2D eigenvalue weighted by molar-refractivity contribution is 6.28. The van der Waals surface area contributed by atoms with Crippen molar-refractivity contribution in [1.82, 2.24) is 24.9 Å². The lowest BCUT2D eigenvalue weighted by molar-refractivity contribution is 1.05. The first-order valence-electron chi connectivity index (χ1n) is 18.8. The minimum absolute atomic E-state index is 0.504. The van der Waals surface area contributed by atoms with Gasteiger partial charge in [-0.2, -0.15) is 0 Å². The normalized spacial score (nSPS) is 11.6. The molecule has 0 spiro atoms. The number of aromatic nitrogens is 5. The Hall–Kier alpha value is -7.63. The zero-order chi connectivity index (χ0) is 37.0. The first-order valence-corrected chi connectivity index (χ1v) is 18.8. The van der Waals surface area contributed by atoms with E-state index in [1.165, 1.54) is 71.6 Å². The van der Waals surface area contributed by atoms with Crippen LogP contribution < -0.4 is 0 Å². The van der Waals surface area contributed by atoms with E-state index in [0.29, 0.717) is 28.9 Å². The van der Waals surface area contributed by atoms with E-state index >= 15 is 0 Å². The van der Waals surface area contributed by atoms with Crippen LogP contribution in [0.15, 0.2) is 188 Å². The fraction of sp³-hybridized carbons (Fsp3) is 0. The van der Waals surface area contributed by atoms with Gasteiger partial charge in [0.05, 0.1) is 0 Å². The molecule has 0 bridgehead atoms. The fourth-order valence-corrected chi connectivity index (χ4v) is 8.38. The Morgan fingerprint density at radius 1 is 0.268 bits per heavy atom. The van der Waals surface area contributed by atoms with Crippen molar-refractivity contribution >= 4 is 21.5 Å². The van der Waals surface area contributed by atoms with Crippen molar-refractivity contribution in [3.05, 3.63) is 188 Å². The van der Waals surface area contributed by atoms with E-state index < -0.39 is 0 Å². The third-order valence-corrected chi connectivity index (χ3v) is 10.8. The number of hydrogen-bond donors (Lipinski definition) is 0. The van der Waals surface area contributed by atoms with E-state index in [1.807, 2.05) is 36.4 Å². The van der Waals surface area contributed by atoms with Gasteiger partial charge >= 0.3 is 0 Å². The third-order valence-electron chi connectivity index (χ3n) is 10.8. The Labute approximate surface area is 323 Å². The predicted molar refractivity (Wildman–Crippen MR) is 227 cm³/mol. The molecule has 0 N–H and O–H groups in total. The van der Waals surface area contributed by atoms with E-state index in [4.69, 9.17) is 15.0 Å². The summed E-state index contributed by atoms with van der Waals surface area (Å²) in [4.78, 5) is 23.6. The van der Waals surface area contributed by atoms with Gasteiger partial charge in [0.1, 0.15) is 11.4 Å². The number of fused-ring (bicyclic) bond motifs is 4. The molecule has 0 fully saturated rings. The molecule has 0 amide bonds. The van der Waals surface area contributed by atoms with Gasteiger partial charge in [-0.25, -0.2) is 15.0 Å². The van der Waals surface area contributed by atoms with Crippen molar-refractivity contribution in [1.29, 1.82) is 0 Å². The summed E-state index contributed by atoms with van der Waals surface area (Å²) < 4.78 is 0. The minimum Gasteiger partial charge on any atom is -0.253 e. The molecule has 0 saturated heterocycles. The molecule has 10 aromatic rings. The molecule has 7 aromatic carbocycles. The molecule has 1 aliphatic carbocycles. The van der Waals surface area contributed by atoms with Gasteiger partial charge < -0.3 is 0 Å². The van der Waals surface area contributed by atoms with Crippen LogP contribution in [0.25, 0.3) is 112 Å². The maximum atomic E-state index is 4.88. The van der Waals surface area contributed by atoms with Gasteiger partial charge in [0.2, 0.25) is 0 Å². The van der Waals surface area contributed by atoms with Crippen molar-refractivity contribution in [3.8, 4) is 90.1 Å². The lowest BCUT2D eigenvalue weighted by atomic mass is 9.82. The van der Waals surface area contributed by atoms with Crippen LogP contribution in [-0.2, 0) is 0 Å². The first-order chi connectivity index (χ1) is 27.8. The van der Waals surface area contributed by atoms with Crippen molar-refractivity contribution in [2.24, 2.45) is 0 Å². The molecule has 260 valence electrons. The van der Waals surface area contributed by atoms with Crippen LogP contribution in [0, 0.1) is 0 Å². The predicted octanol–water partition coefficient (Wildman–Crippen LogP) is 12.6. The molecule has 1 aliphatic rings. The van der Waals surface area contributed by atoms with Gasteiger partial charge in [-0.05, 0) is 101 Å². The molecule has 5 heteroatoms. The van der Waals surface area contributed by atoms with Gasteiger partial charge in [-0.3, -0.25) is 9.97 Å². The zero-order valence-electron chi connectivity index (χ0n) is 30.1. The van der Waals surface area contributed by atoms with Crippen LogP contribution >= 0.6 is 0 Å². The summed E-state index contributed by atoms with van der Waals surface area (Å²) in [6, 6.07) is 62.0. The molecule has 0 saturated carbocycles. The lowest BCUT2D eigenvalue weighted by Gasteiger charge is -2.20. The van der Waals surface area contributed by atoms with Crippen LogP contribution in [-0.4, -0.2) is 24.9 Å². The summed E-state index contributed by atoms with van der Waals surface area (Å²) in [5.41, 5.74) is 14.6. The van der Waals surface area contributed by atoms with Crippen LogP contribution in [0.2, 0.25) is 0 Å². The highest BCUT2D eigenvalue weighted by Gasteiger charge is 2.31. The van der Waals surface area contributed by atoms with Crippen molar-refractivity contribution in [3.63, 3.8) is 0 Å². The molecule has 11 rings (SSSR count). The summed E-state index contributed by atoms with van der Waals surface area (Å²) in [5, 5.41) is 5.02. The highest BCUT2D eigenvalue weighted by Crippen LogP contribution is 2.58. The van der Waals surface area contributed by atoms with E-state index in [9.17, 15) is 0 Å². The van der Waals surface area contributed by atoms with E-state index in [2.05, 4.69) is 149 Å². The Morgan fingerprint density at radius 2 is 0.732 bits per heavy atom. The van der Waals surface area contributed by atoms with Gasteiger partial charge in [-0.15, -0.1) is 0 Å². The zero-order valence-corrected chi connectivity index (χ0v) is 30.1. The summed E-state index contributed by atoms with van der Waals surface area (Å²) in [5.74, 6) is 1.58. The standard InChI is InChI=1S/C51H31N5/c1-3-14-33(15-4-1)44-38-18-7-8-19-39(38)45(34-16-5-2-6-17-34)48-41-29-28-36(37-20-13-21-40(46(37)41)47(44)48)32-24-26-35(27-25-32)49-54-50(42-22-9-11-30-52-42)56-51(55-49)43-23-10-12-31-53-43/h1-31H. The topological polar surface area (TPSA) is 64.5 Å². The largest absolute Gasteiger partial charge is 0.253 e. The molecule has 3 heterocycles. The second kappa shape index (κ2) is 13.0. The Kier molecular flexibility index (Phi) is 7.42. The van der Waals surface area contributed by atoms with Crippen LogP contribution in [0.5, 0.6) is 0 Å². The molecular formula is C51H31N5. The Balaban J connectivity index is 1.09. The average molecular weight is 714 g/mol. The van der Waals surface area contributed by atoms with Gasteiger partial charge in [-0.1, -0.05) is 152 Å². The molecule has 56 heavy (non-hydrogen) atoms. The average Bonchev–Trinajstić information content (AvgIpc) is 3.61. The van der Waals surface area contributed by atoms with Crippen molar-refractivity contribution in [2.45, 2.75) is 0 Å². The molecule has 0 radical (unpaired) electrons. The molecular weight excluding hydrogens is 683 g/mol. The van der Waals surface area contributed by atoms with E-state index in [1.54, 1.807) is 12.4 Å². The van der Waals surface area contributed by atoms with Crippen LogP contribution in [0.3, 0.4) is 0 Å². The quantitative estimate of drug-likeness (QED) is 0.172. The number of hydrogen-bond acceptors (Lipinski definition) is 5. The number of benzene rings is 7. The fourth-order valence-electron chi connectivity index (χ4n) is 8.38. The molecule has 3 aromatic heterocycles. The second-order valence-electron chi connectivity index (χ2n) is 14.0. The number of rotatable bonds is 6. The number of nitrogens with zero attached hydrogens (tertiary/aromatic N) is 5. The molecule has 5 nitrogen and oxygen atoms in total. The maximum absolute atomic E-state index is 4.88. The van der Waals surface area contributed by atoms with Crippen LogP contribution in [0.1, 0.15) is 0 Å². The maximum Gasteiger partial charge on any atom is 0.182 e. The van der Waals surface area contributed by atoms with E-state index in [0.717, 1.165) is 11.1 Å². The van der Waals surface area contributed by atoms with E-state index in [-0.39, 0.29) is 0 Å². The lowest BCUT2D eigenvalue weighted by Crippen LogP contribution is -2.01. The van der Waals surface area contributed by atoms with Crippen LogP contribution in [0.4, 0.5) is 0 Å². The van der Waals surface area contributed by atoms with Crippen molar-refractivity contribution < 1.29 is 0 Å². The summed E-state index contributed by atoms with van der Waals surface area (Å²) in [6.45, 7) is 0. The Morgan fingerprint density at radius 3 is 1.29 bits per heavy atom. The number of pyridine rings is 2. The van der Waals surface area contributed by atoms with Gasteiger partial charge in [0.15, 0.2) is 17.5 Å². The monoisotopic (exact) mass is 713 g/mol. The second-order valence-corrected chi connectivity index (χ2v) is 14.0. The SMILES string of the molecule is c1ccc(-c2c3c(c(-c4ccccc4)c4ccccc24)-c2ccc(-c4ccc(-c5nc(-c6ccccn6)nc(-c6ccccn6)n5)cc4)c4cccc-3c24)cc1. The molecule has 0 aliphatic heterocycles. The first kappa shape index (κ1) is 31.9. The summed E-state index contributed by atoms with van der Waals surface area (Å²) in [7, 11) is 0. The van der Waals surface area contributed by atoms with Gasteiger partial charge in [0.25, 0.3) is 0 Å². The summed E-state index contributed by atoms with van der Waals surface area (Å²) in [6.07, 6.45) is 3.50. The minimum atomic E-state index is 0.504. The third kappa shape index (κ3) is 5.13. The smallest absolute Gasteiger partial charge is 0.182 e. The highest BCUT2D eigenvalue weighted by atomic mass is 15.1. The van der Waals surface area contributed by atoms with Gasteiger partial charge in [0, 0.05) is 18.0 Å².